The average molecular weight is 226 g/mol. The predicted octanol–water partition coefficient (Wildman–Crippen LogP) is 0.548. The van der Waals surface area contributed by atoms with E-state index in [-0.39, 0.29) is 18.1 Å². The fourth-order valence-electron chi connectivity index (χ4n) is 2.66. The molecule has 0 aromatic carbocycles. The highest BCUT2D eigenvalue weighted by atomic mass is 16.3. The van der Waals surface area contributed by atoms with Gasteiger partial charge in [-0.2, -0.15) is 0 Å². The van der Waals surface area contributed by atoms with E-state index in [0.717, 1.165) is 38.6 Å². The summed E-state index contributed by atoms with van der Waals surface area (Å²) in [5.41, 5.74) is 0. The van der Waals surface area contributed by atoms with Gasteiger partial charge in [0.15, 0.2) is 0 Å². The van der Waals surface area contributed by atoms with Gasteiger partial charge in [0, 0.05) is 18.5 Å². The molecule has 1 amide bonds. The van der Waals surface area contributed by atoms with Gasteiger partial charge in [0.2, 0.25) is 5.91 Å². The van der Waals surface area contributed by atoms with Crippen molar-refractivity contribution in [3.8, 4) is 0 Å². The molecule has 2 rings (SSSR count). The average Bonchev–Trinajstić information content (AvgIpc) is 2.74. The molecular weight excluding hydrogens is 204 g/mol. The Hall–Kier alpha value is -0.610. The summed E-state index contributed by atoms with van der Waals surface area (Å²) in [7, 11) is 0. The molecule has 0 spiro atoms. The van der Waals surface area contributed by atoms with Gasteiger partial charge in [0.05, 0.1) is 6.10 Å². The third-order valence-corrected chi connectivity index (χ3v) is 3.66. The molecular formula is C12H22N2O2. The van der Waals surface area contributed by atoms with Crippen LogP contribution in [0.5, 0.6) is 0 Å². The molecule has 3 N–H and O–H groups in total. The minimum Gasteiger partial charge on any atom is -0.393 e. The number of carbonyl (C=O) groups excluding carboxylic acids is 1. The molecule has 4 nitrogen and oxygen atoms in total. The van der Waals surface area contributed by atoms with E-state index in [2.05, 4.69) is 10.6 Å². The van der Waals surface area contributed by atoms with Crippen molar-refractivity contribution in [3.05, 3.63) is 0 Å². The molecule has 0 bridgehead atoms. The Labute approximate surface area is 96.8 Å². The Morgan fingerprint density at radius 1 is 1.25 bits per heavy atom. The molecule has 16 heavy (non-hydrogen) atoms. The highest BCUT2D eigenvalue weighted by Crippen LogP contribution is 2.18. The van der Waals surface area contributed by atoms with Crippen LogP contribution in [0.4, 0.5) is 0 Å². The van der Waals surface area contributed by atoms with Crippen molar-refractivity contribution in [2.75, 3.05) is 6.54 Å². The number of aliphatic hydroxyl groups excluding tert-OH is 1. The molecule has 1 aliphatic heterocycles. The lowest BCUT2D eigenvalue weighted by Gasteiger charge is -2.26. The van der Waals surface area contributed by atoms with Crippen LogP contribution >= 0.6 is 0 Å². The van der Waals surface area contributed by atoms with Crippen molar-refractivity contribution in [1.82, 2.24) is 10.6 Å². The quantitative estimate of drug-likeness (QED) is 0.658. The number of aliphatic hydroxyl groups is 1. The van der Waals surface area contributed by atoms with Crippen molar-refractivity contribution in [1.29, 1.82) is 0 Å². The molecule has 92 valence electrons. The third kappa shape index (κ3) is 3.46. The Kier molecular flexibility index (Phi) is 4.18. The fourth-order valence-corrected chi connectivity index (χ4v) is 2.66. The first kappa shape index (κ1) is 11.9. The second-order valence-electron chi connectivity index (χ2n) is 5.07. The molecule has 2 aliphatic rings. The molecule has 1 saturated carbocycles. The van der Waals surface area contributed by atoms with E-state index in [9.17, 15) is 9.90 Å². The van der Waals surface area contributed by atoms with Crippen LogP contribution in [0.1, 0.15) is 44.9 Å². The standard InChI is InChI=1S/C12H22N2O2/c15-11-5-3-9(4-6-11)14-12(16)8-10-2-1-7-13-10/h9-11,13,15H,1-8H2,(H,14,16). The molecule has 4 heteroatoms. The molecule has 1 unspecified atom stereocenters. The predicted molar refractivity (Wildman–Crippen MR) is 62.0 cm³/mol. The van der Waals surface area contributed by atoms with Gasteiger partial charge in [-0.25, -0.2) is 0 Å². The van der Waals surface area contributed by atoms with Gasteiger partial charge >= 0.3 is 0 Å². The lowest BCUT2D eigenvalue weighted by molar-refractivity contribution is -0.122. The Morgan fingerprint density at radius 2 is 2.00 bits per heavy atom. The van der Waals surface area contributed by atoms with Crippen molar-refractivity contribution < 1.29 is 9.90 Å². The summed E-state index contributed by atoms with van der Waals surface area (Å²) in [4.78, 5) is 11.7. The summed E-state index contributed by atoms with van der Waals surface area (Å²) in [6, 6.07) is 0.673. The number of rotatable bonds is 3. The zero-order valence-corrected chi connectivity index (χ0v) is 9.74. The Bertz CT molecular complexity index is 231. The first-order valence-electron chi connectivity index (χ1n) is 6.45. The van der Waals surface area contributed by atoms with E-state index in [0.29, 0.717) is 12.5 Å². The zero-order chi connectivity index (χ0) is 11.4. The maximum atomic E-state index is 11.7. The normalized spacial score (nSPS) is 34.9. The van der Waals surface area contributed by atoms with Crippen LogP contribution < -0.4 is 10.6 Å². The van der Waals surface area contributed by atoms with Crippen molar-refractivity contribution in [3.63, 3.8) is 0 Å². The highest BCUT2D eigenvalue weighted by molar-refractivity contribution is 5.76. The smallest absolute Gasteiger partial charge is 0.221 e. The molecule has 1 saturated heterocycles. The molecule has 2 fully saturated rings. The Balaban J connectivity index is 1.66. The first-order valence-corrected chi connectivity index (χ1v) is 6.45. The van der Waals surface area contributed by atoms with Gasteiger partial charge < -0.3 is 15.7 Å². The molecule has 0 radical (unpaired) electrons. The summed E-state index contributed by atoms with van der Waals surface area (Å²) in [5.74, 6) is 0.167. The lowest BCUT2D eigenvalue weighted by Crippen LogP contribution is -2.40. The Morgan fingerprint density at radius 3 is 2.62 bits per heavy atom. The number of carbonyl (C=O) groups is 1. The molecule has 0 aromatic heterocycles. The summed E-state index contributed by atoms with van der Waals surface area (Å²) in [6.45, 7) is 1.05. The van der Waals surface area contributed by atoms with E-state index in [1.54, 1.807) is 0 Å². The summed E-state index contributed by atoms with van der Waals surface area (Å²) in [6.07, 6.45) is 6.27. The second-order valence-corrected chi connectivity index (χ2v) is 5.07. The molecule has 1 aliphatic carbocycles. The maximum absolute atomic E-state index is 11.7. The molecule has 1 heterocycles. The van der Waals surface area contributed by atoms with E-state index in [4.69, 9.17) is 0 Å². The van der Waals surface area contributed by atoms with E-state index in [1.807, 2.05) is 0 Å². The van der Waals surface area contributed by atoms with Crippen molar-refractivity contribution in [2.45, 2.75) is 63.1 Å². The number of amides is 1. The fraction of sp³-hybridized carbons (Fsp3) is 0.917. The SMILES string of the molecule is O=C(CC1CCCN1)NC1CCC(O)CC1. The summed E-state index contributed by atoms with van der Waals surface area (Å²) < 4.78 is 0. The van der Waals surface area contributed by atoms with Gasteiger partial charge in [0.25, 0.3) is 0 Å². The highest BCUT2D eigenvalue weighted by Gasteiger charge is 2.23. The summed E-state index contributed by atoms with van der Waals surface area (Å²) in [5, 5.41) is 15.8. The van der Waals surface area contributed by atoms with Crippen LogP contribution in [0.25, 0.3) is 0 Å². The summed E-state index contributed by atoms with van der Waals surface area (Å²) >= 11 is 0. The van der Waals surface area contributed by atoms with Crippen LogP contribution in [0.3, 0.4) is 0 Å². The van der Waals surface area contributed by atoms with Crippen molar-refractivity contribution in [2.24, 2.45) is 0 Å². The minimum atomic E-state index is -0.148. The van der Waals surface area contributed by atoms with Gasteiger partial charge in [-0.05, 0) is 45.1 Å². The van der Waals surface area contributed by atoms with E-state index in [1.165, 1.54) is 6.42 Å². The largest absolute Gasteiger partial charge is 0.393 e. The monoisotopic (exact) mass is 226 g/mol. The minimum absolute atomic E-state index is 0.148. The maximum Gasteiger partial charge on any atom is 0.221 e. The second kappa shape index (κ2) is 5.64. The van der Waals surface area contributed by atoms with E-state index < -0.39 is 0 Å². The van der Waals surface area contributed by atoms with Gasteiger partial charge in [-0.15, -0.1) is 0 Å². The van der Waals surface area contributed by atoms with Crippen molar-refractivity contribution >= 4 is 5.91 Å². The van der Waals surface area contributed by atoms with Crippen LogP contribution in [-0.2, 0) is 4.79 Å². The van der Waals surface area contributed by atoms with Crippen LogP contribution in [0, 0.1) is 0 Å². The number of hydrogen-bond donors (Lipinski definition) is 3. The van der Waals surface area contributed by atoms with Gasteiger partial charge in [-0.1, -0.05) is 0 Å². The van der Waals surface area contributed by atoms with Crippen LogP contribution in [-0.4, -0.2) is 35.7 Å². The first-order chi connectivity index (χ1) is 7.74. The molecule has 1 atom stereocenters. The number of nitrogens with one attached hydrogen (secondary N) is 2. The van der Waals surface area contributed by atoms with Gasteiger partial charge in [0.1, 0.15) is 0 Å². The topological polar surface area (TPSA) is 61.4 Å². The van der Waals surface area contributed by atoms with Crippen LogP contribution in [0.15, 0.2) is 0 Å². The zero-order valence-electron chi connectivity index (χ0n) is 9.74. The van der Waals surface area contributed by atoms with Gasteiger partial charge in [-0.3, -0.25) is 4.79 Å². The number of hydrogen-bond acceptors (Lipinski definition) is 3. The molecule has 0 aromatic rings. The van der Waals surface area contributed by atoms with E-state index >= 15 is 0 Å². The lowest BCUT2D eigenvalue weighted by atomic mass is 9.93. The third-order valence-electron chi connectivity index (χ3n) is 3.66. The van der Waals surface area contributed by atoms with Crippen LogP contribution in [0.2, 0.25) is 0 Å².